The summed E-state index contributed by atoms with van der Waals surface area (Å²) in [6.07, 6.45) is 2.61. The molecule has 0 radical (unpaired) electrons. The largest absolute Gasteiger partial charge is 0.379 e. The van der Waals surface area contributed by atoms with Crippen LogP contribution in [-0.2, 0) is 11.3 Å². The molecule has 0 saturated carbocycles. The summed E-state index contributed by atoms with van der Waals surface area (Å²) in [6, 6.07) is 0. The number of hydrogen-bond acceptors (Lipinski definition) is 7. The van der Waals surface area contributed by atoms with E-state index in [-0.39, 0.29) is 0 Å². The molecule has 7 heteroatoms. The van der Waals surface area contributed by atoms with Gasteiger partial charge in [-0.15, -0.1) is 11.3 Å². The van der Waals surface area contributed by atoms with Crippen molar-refractivity contribution in [3.05, 3.63) is 16.3 Å². The maximum Gasteiger partial charge on any atom is 0.146 e. The summed E-state index contributed by atoms with van der Waals surface area (Å²) < 4.78 is 5.49. The molecule has 2 fully saturated rings. The van der Waals surface area contributed by atoms with Crippen molar-refractivity contribution in [1.29, 1.82) is 0 Å². The summed E-state index contributed by atoms with van der Waals surface area (Å²) in [5, 5.41) is 1.25. The molecule has 0 amide bonds. The molecule has 0 aliphatic carbocycles. The SMILES string of the molecule is Cc1sc2nc(CN3CCOCC3)nc(N(C)CC3CCCN(C)C3)c2c1C. The lowest BCUT2D eigenvalue weighted by Gasteiger charge is -2.33. The van der Waals surface area contributed by atoms with Crippen molar-refractivity contribution >= 4 is 27.4 Å². The van der Waals surface area contributed by atoms with Crippen molar-refractivity contribution < 1.29 is 4.74 Å². The lowest BCUT2D eigenvalue weighted by atomic mass is 9.98. The van der Waals surface area contributed by atoms with Crippen LogP contribution in [0.25, 0.3) is 10.2 Å². The maximum absolute atomic E-state index is 5.49. The number of anilines is 1. The second-order valence-electron chi connectivity index (χ2n) is 8.47. The summed E-state index contributed by atoms with van der Waals surface area (Å²) in [5.41, 5.74) is 1.33. The van der Waals surface area contributed by atoms with Gasteiger partial charge in [-0.1, -0.05) is 0 Å². The van der Waals surface area contributed by atoms with Crippen molar-refractivity contribution in [2.75, 3.05) is 64.9 Å². The quantitative estimate of drug-likeness (QED) is 0.765. The highest BCUT2D eigenvalue weighted by atomic mass is 32.1. The highest BCUT2D eigenvalue weighted by Crippen LogP contribution is 2.35. The fourth-order valence-corrected chi connectivity index (χ4v) is 5.52. The number of aryl methyl sites for hydroxylation is 2. The summed E-state index contributed by atoms with van der Waals surface area (Å²) in [4.78, 5) is 19.7. The van der Waals surface area contributed by atoms with E-state index in [2.05, 4.69) is 42.6 Å². The van der Waals surface area contributed by atoms with E-state index in [1.54, 1.807) is 11.3 Å². The van der Waals surface area contributed by atoms with Gasteiger partial charge in [0.1, 0.15) is 16.5 Å². The minimum Gasteiger partial charge on any atom is -0.379 e. The lowest BCUT2D eigenvalue weighted by Crippen LogP contribution is -2.38. The molecule has 6 nitrogen and oxygen atoms in total. The highest BCUT2D eigenvalue weighted by Gasteiger charge is 2.23. The maximum atomic E-state index is 5.49. The first-order valence-corrected chi connectivity index (χ1v) is 11.3. The molecule has 4 heterocycles. The van der Waals surface area contributed by atoms with E-state index in [4.69, 9.17) is 14.7 Å². The molecule has 0 N–H and O–H groups in total. The van der Waals surface area contributed by atoms with Crippen molar-refractivity contribution in [3.63, 3.8) is 0 Å². The molecule has 154 valence electrons. The van der Waals surface area contributed by atoms with Crippen molar-refractivity contribution in [3.8, 4) is 0 Å². The van der Waals surface area contributed by atoms with Crippen LogP contribution in [0.1, 0.15) is 29.1 Å². The van der Waals surface area contributed by atoms with Crippen LogP contribution in [0.3, 0.4) is 0 Å². The van der Waals surface area contributed by atoms with Crippen LogP contribution in [0.5, 0.6) is 0 Å². The monoisotopic (exact) mass is 403 g/mol. The van der Waals surface area contributed by atoms with Gasteiger partial charge < -0.3 is 14.5 Å². The van der Waals surface area contributed by atoms with Gasteiger partial charge in [0, 0.05) is 38.1 Å². The molecule has 0 spiro atoms. The smallest absolute Gasteiger partial charge is 0.146 e. The van der Waals surface area contributed by atoms with E-state index in [0.29, 0.717) is 5.92 Å². The first kappa shape index (κ1) is 20.0. The van der Waals surface area contributed by atoms with Crippen LogP contribution < -0.4 is 4.90 Å². The normalized spacial score (nSPS) is 22.1. The molecule has 2 aromatic rings. The number of likely N-dealkylation sites (tertiary alicyclic amines) is 1. The molecular weight excluding hydrogens is 370 g/mol. The Morgan fingerprint density at radius 3 is 2.71 bits per heavy atom. The fourth-order valence-electron chi connectivity index (χ4n) is 4.47. The van der Waals surface area contributed by atoms with Crippen LogP contribution in [-0.4, -0.2) is 79.8 Å². The molecule has 2 aliphatic rings. The van der Waals surface area contributed by atoms with E-state index in [9.17, 15) is 0 Å². The Balaban J connectivity index is 1.62. The molecule has 0 aromatic carbocycles. The first-order valence-electron chi connectivity index (χ1n) is 10.5. The number of rotatable bonds is 5. The minimum absolute atomic E-state index is 0.705. The van der Waals surface area contributed by atoms with Crippen LogP contribution in [0.15, 0.2) is 0 Å². The van der Waals surface area contributed by atoms with Gasteiger partial charge in [0.05, 0.1) is 25.1 Å². The zero-order chi connectivity index (χ0) is 19.7. The van der Waals surface area contributed by atoms with Gasteiger partial charge in [-0.3, -0.25) is 4.90 Å². The van der Waals surface area contributed by atoms with E-state index in [1.165, 1.54) is 41.8 Å². The molecular formula is C21H33N5OS. The zero-order valence-electron chi connectivity index (χ0n) is 17.7. The average Bonchev–Trinajstić information content (AvgIpc) is 2.96. The molecule has 4 rings (SSSR count). The Kier molecular flexibility index (Phi) is 6.16. The predicted octanol–water partition coefficient (Wildman–Crippen LogP) is 2.92. The van der Waals surface area contributed by atoms with E-state index in [0.717, 1.165) is 55.9 Å². The summed E-state index contributed by atoms with van der Waals surface area (Å²) in [7, 11) is 4.45. The first-order chi connectivity index (χ1) is 13.5. The fraction of sp³-hybridized carbons (Fsp3) is 0.714. The number of piperidine rings is 1. The van der Waals surface area contributed by atoms with Crippen molar-refractivity contribution in [2.45, 2.75) is 33.2 Å². The van der Waals surface area contributed by atoms with Gasteiger partial charge in [0.25, 0.3) is 0 Å². The van der Waals surface area contributed by atoms with Gasteiger partial charge in [0.2, 0.25) is 0 Å². The molecule has 2 aromatic heterocycles. The second kappa shape index (κ2) is 8.61. The summed E-state index contributed by atoms with van der Waals surface area (Å²) >= 11 is 1.80. The molecule has 1 unspecified atom stereocenters. The number of nitrogens with zero attached hydrogens (tertiary/aromatic N) is 5. The molecule has 2 aliphatic heterocycles. The topological polar surface area (TPSA) is 44.7 Å². The molecule has 2 saturated heterocycles. The third kappa shape index (κ3) is 4.32. The summed E-state index contributed by atoms with van der Waals surface area (Å²) in [6.45, 7) is 12.2. The van der Waals surface area contributed by atoms with Crippen LogP contribution in [0, 0.1) is 19.8 Å². The van der Waals surface area contributed by atoms with Crippen LogP contribution >= 0.6 is 11.3 Å². The van der Waals surface area contributed by atoms with Gasteiger partial charge in [-0.2, -0.15) is 0 Å². The van der Waals surface area contributed by atoms with Crippen LogP contribution in [0.4, 0.5) is 5.82 Å². The van der Waals surface area contributed by atoms with Crippen LogP contribution in [0.2, 0.25) is 0 Å². The summed E-state index contributed by atoms with van der Waals surface area (Å²) in [5.74, 6) is 2.76. The minimum atomic E-state index is 0.705. The van der Waals surface area contributed by atoms with Gasteiger partial charge in [0.15, 0.2) is 0 Å². The number of morpholine rings is 1. The average molecular weight is 404 g/mol. The molecule has 28 heavy (non-hydrogen) atoms. The predicted molar refractivity (Wildman–Crippen MR) is 116 cm³/mol. The van der Waals surface area contributed by atoms with Gasteiger partial charge in [-0.05, 0) is 51.8 Å². The third-order valence-electron chi connectivity index (χ3n) is 6.14. The number of aromatic nitrogens is 2. The second-order valence-corrected chi connectivity index (χ2v) is 9.67. The Hall–Kier alpha value is -1.28. The van der Waals surface area contributed by atoms with E-state index < -0.39 is 0 Å². The van der Waals surface area contributed by atoms with Gasteiger partial charge >= 0.3 is 0 Å². The standard InChI is InChI=1S/C21H33N5OS/c1-15-16(2)28-21-19(15)20(25(4)13-17-6-5-7-24(3)12-17)22-18(23-21)14-26-8-10-27-11-9-26/h17H,5-14H2,1-4H3. The Labute approximate surface area is 172 Å². The number of ether oxygens (including phenoxy) is 1. The Morgan fingerprint density at radius 2 is 1.96 bits per heavy atom. The molecule has 1 atom stereocenters. The number of fused-ring (bicyclic) bond motifs is 1. The Morgan fingerprint density at radius 1 is 1.18 bits per heavy atom. The van der Waals surface area contributed by atoms with E-state index in [1.807, 2.05) is 0 Å². The number of thiophene rings is 1. The lowest BCUT2D eigenvalue weighted by molar-refractivity contribution is 0.0331. The highest BCUT2D eigenvalue weighted by molar-refractivity contribution is 7.18. The van der Waals surface area contributed by atoms with Crippen molar-refractivity contribution in [2.24, 2.45) is 5.92 Å². The molecule has 0 bridgehead atoms. The van der Waals surface area contributed by atoms with Gasteiger partial charge in [-0.25, -0.2) is 9.97 Å². The Bertz CT molecular complexity index is 817. The van der Waals surface area contributed by atoms with E-state index >= 15 is 0 Å². The zero-order valence-corrected chi connectivity index (χ0v) is 18.5. The third-order valence-corrected chi connectivity index (χ3v) is 7.24. The van der Waals surface area contributed by atoms with Crippen molar-refractivity contribution in [1.82, 2.24) is 19.8 Å². The number of hydrogen-bond donors (Lipinski definition) is 0.